The minimum atomic E-state index is -0.301. The van der Waals surface area contributed by atoms with Crippen molar-refractivity contribution in [1.29, 1.82) is 0 Å². The zero-order chi connectivity index (χ0) is 13.3. The monoisotopic (exact) mass is 372 g/mol. The highest BCUT2D eigenvalue weighted by molar-refractivity contribution is 9.11. The van der Waals surface area contributed by atoms with Crippen molar-refractivity contribution in [3.8, 4) is 0 Å². The molecule has 2 rings (SSSR count). The van der Waals surface area contributed by atoms with Crippen molar-refractivity contribution in [2.75, 3.05) is 11.1 Å². The molecule has 0 unspecified atom stereocenters. The number of carbonyl (C=O) groups is 1. The van der Waals surface area contributed by atoms with E-state index in [0.29, 0.717) is 21.5 Å². The molecule has 0 aliphatic rings. The molecule has 2 aromatic rings. The predicted octanol–water partition coefficient (Wildman–Crippen LogP) is 2.78. The van der Waals surface area contributed by atoms with Crippen LogP contribution >= 0.6 is 31.9 Å². The molecule has 0 saturated carbocycles. The summed E-state index contributed by atoms with van der Waals surface area (Å²) in [5.41, 5.74) is 7.20. The number of benzene rings is 1. The zero-order valence-electron chi connectivity index (χ0n) is 9.45. The van der Waals surface area contributed by atoms with Crippen LogP contribution in [0.4, 0.5) is 11.4 Å². The average molecular weight is 374 g/mol. The molecule has 1 heterocycles. The second-order valence-corrected chi connectivity index (χ2v) is 5.45. The number of nitrogens with zero attached hydrogens (tertiary/aromatic N) is 2. The number of carbonyl (C=O) groups excluding carboxylic acids is 1. The van der Waals surface area contributed by atoms with Crippen molar-refractivity contribution in [2.45, 2.75) is 0 Å². The lowest BCUT2D eigenvalue weighted by Crippen LogP contribution is -2.14. The summed E-state index contributed by atoms with van der Waals surface area (Å²) < 4.78 is 3.11. The summed E-state index contributed by atoms with van der Waals surface area (Å²) in [6, 6.07) is 5.17. The van der Waals surface area contributed by atoms with Crippen LogP contribution in [0, 0.1) is 0 Å². The number of anilines is 2. The maximum atomic E-state index is 11.9. The molecule has 0 aliphatic heterocycles. The lowest BCUT2D eigenvalue weighted by molar-refractivity contribution is 0.102. The second-order valence-electron chi connectivity index (χ2n) is 3.68. The molecule has 0 bridgehead atoms. The molecule has 7 heteroatoms. The van der Waals surface area contributed by atoms with E-state index in [2.05, 4.69) is 42.3 Å². The van der Waals surface area contributed by atoms with Gasteiger partial charge in [-0.05, 0) is 34.1 Å². The van der Waals surface area contributed by atoms with Crippen molar-refractivity contribution in [1.82, 2.24) is 9.78 Å². The van der Waals surface area contributed by atoms with Crippen LogP contribution in [0.3, 0.4) is 0 Å². The Kier molecular flexibility index (Phi) is 3.72. The number of nitrogens with two attached hydrogens (primary N) is 1. The lowest BCUT2D eigenvalue weighted by Gasteiger charge is -2.09. The van der Waals surface area contributed by atoms with E-state index in [-0.39, 0.29) is 5.91 Å². The fourth-order valence-corrected chi connectivity index (χ4v) is 2.80. The van der Waals surface area contributed by atoms with Crippen molar-refractivity contribution in [3.63, 3.8) is 0 Å². The van der Waals surface area contributed by atoms with Gasteiger partial charge in [0.15, 0.2) is 5.69 Å². The van der Waals surface area contributed by atoms with Gasteiger partial charge in [0.25, 0.3) is 5.91 Å². The molecule has 0 radical (unpaired) electrons. The van der Waals surface area contributed by atoms with Gasteiger partial charge in [0.1, 0.15) is 0 Å². The molecule has 1 aromatic carbocycles. The largest absolute Gasteiger partial charge is 0.397 e. The van der Waals surface area contributed by atoms with Gasteiger partial charge in [-0.3, -0.25) is 9.48 Å². The number of aryl methyl sites for hydroxylation is 1. The van der Waals surface area contributed by atoms with Crippen molar-refractivity contribution < 1.29 is 4.79 Å². The minimum Gasteiger partial charge on any atom is -0.397 e. The van der Waals surface area contributed by atoms with Crippen LogP contribution in [0.2, 0.25) is 0 Å². The molecule has 0 aliphatic carbocycles. The first-order valence-corrected chi connectivity index (χ1v) is 6.61. The molecule has 1 amide bonds. The lowest BCUT2D eigenvalue weighted by atomic mass is 10.2. The third-order valence-electron chi connectivity index (χ3n) is 2.27. The number of nitrogens with one attached hydrogen (secondary N) is 1. The van der Waals surface area contributed by atoms with Gasteiger partial charge >= 0.3 is 0 Å². The van der Waals surface area contributed by atoms with Crippen molar-refractivity contribution >= 4 is 49.1 Å². The fraction of sp³-hybridized carbons (Fsp3) is 0.0909. The van der Waals surface area contributed by atoms with Gasteiger partial charge in [0.2, 0.25) is 0 Å². The van der Waals surface area contributed by atoms with E-state index >= 15 is 0 Å². The Morgan fingerprint density at radius 1 is 1.44 bits per heavy atom. The topological polar surface area (TPSA) is 72.9 Å². The van der Waals surface area contributed by atoms with Crippen LogP contribution in [0.25, 0.3) is 0 Å². The van der Waals surface area contributed by atoms with Crippen LogP contribution < -0.4 is 11.1 Å². The second kappa shape index (κ2) is 5.11. The Labute approximate surface area is 121 Å². The summed E-state index contributed by atoms with van der Waals surface area (Å²) in [5, 5.41) is 6.75. The normalized spacial score (nSPS) is 10.4. The Bertz CT molecular complexity index is 586. The molecule has 94 valence electrons. The number of amides is 1. The van der Waals surface area contributed by atoms with Gasteiger partial charge in [-0.2, -0.15) is 5.10 Å². The van der Waals surface area contributed by atoms with E-state index in [1.807, 2.05) is 6.07 Å². The Morgan fingerprint density at radius 3 is 2.72 bits per heavy atom. The molecule has 1 aromatic heterocycles. The summed E-state index contributed by atoms with van der Waals surface area (Å²) >= 11 is 6.68. The van der Waals surface area contributed by atoms with Gasteiger partial charge in [-0.25, -0.2) is 0 Å². The van der Waals surface area contributed by atoms with Crippen LogP contribution in [0.1, 0.15) is 10.5 Å². The molecular formula is C11H10Br2N4O. The number of hydrogen-bond donors (Lipinski definition) is 2. The first-order chi connectivity index (χ1) is 8.47. The number of rotatable bonds is 2. The Hall–Kier alpha value is -1.34. The molecule has 0 fully saturated rings. The molecule has 18 heavy (non-hydrogen) atoms. The van der Waals surface area contributed by atoms with E-state index < -0.39 is 0 Å². The molecule has 0 atom stereocenters. The van der Waals surface area contributed by atoms with Crippen LogP contribution in [0.5, 0.6) is 0 Å². The van der Waals surface area contributed by atoms with Crippen LogP contribution in [-0.2, 0) is 7.05 Å². The Balaban J connectivity index is 2.27. The summed E-state index contributed by atoms with van der Waals surface area (Å²) in [4.78, 5) is 11.9. The van der Waals surface area contributed by atoms with E-state index in [1.165, 1.54) is 0 Å². The highest BCUT2D eigenvalue weighted by Crippen LogP contribution is 2.32. The highest BCUT2D eigenvalue weighted by atomic mass is 79.9. The number of halogens is 2. The van der Waals surface area contributed by atoms with Gasteiger partial charge < -0.3 is 11.1 Å². The first-order valence-electron chi connectivity index (χ1n) is 5.03. The molecule has 5 nitrogen and oxygen atoms in total. The zero-order valence-corrected chi connectivity index (χ0v) is 12.6. The standard InChI is InChI=1S/C11H10Br2N4O/c1-17-3-2-9(16-17)11(18)15-10-7(13)4-6(12)5-8(10)14/h2-5H,14H2,1H3,(H,15,18). The molecule has 0 spiro atoms. The fourth-order valence-electron chi connectivity index (χ4n) is 1.44. The van der Waals surface area contributed by atoms with E-state index in [4.69, 9.17) is 5.73 Å². The SMILES string of the molecule is Cn1ccc(C(=O)Nc2c(N)cc(Br)cc2Br)n1. The quantitative estimate of drug-likeness (QED) is 0.795. The van der Waals surface area contributed by atoms with Gasteiger partial charge in [-0.1, -0.05) is 15.9 Å². The predicted molar refractivity (Wildman–Crippen MR) is 77.4 cm³/mol. The smallest absolute Gasteiger partial charge is 0.276 e. The molecular weight excluding hydrogens is 364 g/mol. The third kappa shape index (κ3) is 2.73. The summed E-state index contributed by atoms with van der Waals surface area (Å²) in [5.74, 6) is -0.301. The van der Waals surface area contributed by atoms with Gasteiger partial charge in [0.05, 0.1) is 11.4 Å². The summed E-state index contributed by atoms with van der Waals surface area (Å²) in [6.45, 7) is 0. The molecule has 3 N–H and O–H groups in total. The summed E-state index contributed by atoms with van der Waals surface area (Å²) in [6.07, 6.45) is 1.70. The first kappa shape index (κ1) is 13.1. The number of hydrogen-bond acceptors (Lipinski definition) is 3. The Morgan fingerprint density at radius 2 is 2.17 bits per heavy atom. The van der Waals surface area contributed by atoms with Crippen molar-refractivity contribution in [3.05, 3.63) is 39.0 Å². The van der Waals surface area contributed by atoms with E-state index in [9.17, 15) is 4.79 Å². The average Bonchev–Trinajstić information content (AvgIpc) is 2.70. The molecule has 0 saturated heterocycles. The number of nitrogen functional groups attached to an aromatic ring is 1. The maximum absolute atomic E-state index is 11.9. The summed E-state index contributed by atoms with van der Waals surface area (Å²) in [7, 11) is 1.75. The third-order valence-corrected chi connectivity index (χ3v) is 3.35. The highest BCUT2D eigenvalue weighted by Gasteiger charge is 2.13. The minimum absolute atomic E-state index is 0.301. The van der Waals surface area contributed by atoms with Gasteiger partial charge in [0, 0.05) is 22.2 Å². The van der Waals surface area contributed by atoms with Crippen LogP contribution in [-0.4, -0.2) is 15.7 Å². The maximum Gasteiger partial charge on any atom is 0.276 e. The van der Waals surface area contributed by atoms with Crippen molar-refractivity contribution in [2.24, 2.45) is 7.05 Å². The van der Waals surface area contributed by atoms with E-state index in [0.717, 1.165) is 4.47 Å². The number of aromatic nitrogens is 2. The van der Waals surface area contributed by atoms with Crippen LogP contribution in [0.15, 0.2) is 33.3 Å². The van der Waals surface area contributed by atoms with E-state index in [1.54, 1.807) is 30.1 Å². The van der Waals surface area contributed by atoms with Gasteiger partial charge in [-0.15, -0.1) is 0 Å².